The van der Waals surface area contributed by atoms with Crippen molar-refractivity contribution in [3.8, 4) is 16.6 Å². The third-order valence-electron chi connectivity index (χ3n) is 3.49. The van der Waals surface area contributed by atoms with Crippen LogP contribution in [-0.2, 0) is 6.54 Å². The summed E-state index contributed by atoms with van der Waals surface area (Å²) in [5, 5.41) is 2.93. The van der Waals surface area contributed by atoms with Crippen molar-refractivity contribution in [2.24, 2.45) is 0 Å². The molecule has 0 amide bonds. The zero-order chi connectivity index (χ0) is 14.8. The molecule has 0 aliphatic carbocycles. The van der Waals surface area contributed by atoms with Crippen LogP contribution in [0.1, 0.15) is 5.69 Å². The van der Waals surface area contributed by atoms with Crippen LogP contribution in [0.25, 0.3) is 10.8 Å². The van der Waals surface area contributed by atoms with Crippen molar-refractivity contribution in [1.82, 2.24) is 15.0 Å². The first-order chi connectivity index (χ1) is 10.9. The summed E-state index contributed by atoms with van der Waals surface area (Å²) in [5.74, 6) is 1.62. The van der Waals surface area contributed by atoms with Gasteiger partial charge in [-0.25, -0.2) is 15.0 Å². The molecule has 0 unspecified atom stereocenters. The van der Waals surface area contributed by atoms with E-state index < -0.39 is 0 Å². The van der Waals surface area contributed by atoms with Gasteiger partial charge in [-0.15, -0.1) is 11.3 Å². The molecule has 1 aromatic carbocycles. The van der Waals surface area contributed by atoms with Crippen LogP contribution in [0.3, 0.4) is 0 Å². The van der Waals surface area contributed by atoms with Gasteiger partial charge in [0.05, 0.1) is 24.5 Å². The molecule has 0 bridgehead atoms. The van der Waals surface area contributed by atoms with Gasteiger partial charge in [0.15, 0.2) is 10.8 Å². The molecule has 0 radical (unpaired) electrons. The van der Waals surface area contributed by atoms with E-state index in [4.69, 9.17) is 4.74 Å². The maximum atomic E-state index is 5.69. The van der Waals surface area contributed by atoms with E-state index in [-0.39, 0.29) is 0 Å². The Bertz CT molecular complexity index is 775. The third kappa shape index (κ3) is 2.53. The molecule has 0 saturated carbocycles. The van der Waals surface area contributed by atoms with Gasteiger partial charge in [0.2, 0.25) is 0 Å². The van der Waals surface area contributed by atoms with Crippen molar-refractivity contribution in [3.05, 3.63) is 53.8 Å². The summed E-state index contributed by atoms with van der Waals surface area (Å²) in [7, 11) is 0. The molecular formula is C16H14N4OS. The Balaban J connectivity index is 1.57. The molecular weight excluding hydrogens is 296 g/mol. The number of nitrogens with zero attached hydrogens (tertiary/aromatic N) is 4. The summed E-state index contributed by atoms with van der Waals surface area (Å²) >= 11 is 1.58. The first-order valence-electron chi connectivity index (χ1n) is 7.09. The van der Waals surface area contributed by atoms with Crippen molar-refractivity contribution >= 4 is 17.0 Å². The second-order valence-electron chi connectivity index (χ2n) is 4.95. The monoisotopic (exact) mass is 310 g/mol. The van der Waals surface area contributed by atoms with E-state index in [0.717, 1.165) is 35.2 Å². The highest BCUT2D eigenvalue weighted by molar-refractivity contribution is 7.13. The maximum Gasteiger partial charge on any atom is 0.188 e. The number of benzene rings is 1. The zero-order valence-electron chi connectivity index (χ0n) is 11.8. The number of para-hydroxylation sites is 2. The van der Waals surface area contributed by atoms with E-state index in [2.05, 4.69) is 31.3 Å². The van der Waals surface area contributed by atoms with E-state index in [0.29, 0.717) is 12.4 Å². The number of rotatable bonds is 3. The van der Waals surface area contributed by atoms with Gasteiger partial charge >= 0.3 is 0 Å². The smallest absolute Gasteiger partial charge is 0.188 e. The second-order valence-corrected chi connectivity index (χ2v) is 5.81. The van der Waals surface area contributed by atoms with Gasteiger partial charge in [-0.2, -0.15) is 0 Å². The lowest BCUT2D eigenvalue weighted by molar-refractivity contribution is 0.306. The number of ether oxygens (including phenoxy) is 1. The van der Waals surface area contributed by atoms with Gasteiger partial charge in [0.1, 0.15) is 12.4 Å². The molecule has 3 heterocycles. The number of thiazole rings is 1. The quantitative estimate of drug-likeness (QED) is 0.744. The number of hydrogen-bond donors (Lipinski definition) is 0. The molecule has 1 aliphatic heterocycles. The molecule has 3 aromatic rings. The first-order valence-corrected chi connectivity index (χ1v) is 7.97. The highest BCUT2D eigenvalue weighted by Gasteiger charge is 2.18. The lowest BCUT2D eigenvalue weighted by Crippen LogP contribution is -2.32. The molecule has 0 N–H and O–H groups in total. The van der Waals surface area contributed by atoms with E-state index in [1.54, 1.807) is 23.7 Å². The fraction of sp³-hybridized carbons (Fsp3) is 0.188. The van der Waals surface area contributed by atoms with E-state index in [1.807, 2.05) is 24.3 Å². The Labute approximate surface area is 132 Å². The fourth-order valence-corrected chi connectivity index (χ4v) is 3.23. The number of fused-ring (bicyclic) bond motifs is 1. The molecule has 0 saturated heterocycles. The predicted octanol–water partition coefficient (Wildman–Crippen LogP) is 3.00. The molecule has 4 rings (SSSR count). The molecule has 1 aliphatic rings. The minimum Gasteiger partial charge on any atom is -0.490 e. The Morgan fingerprint density at radius 3 is 2.91 bits per heavy atom. The maximum absolute atomic E-state index is 5.69. The summed E-state index contributed by atoms with van der Waals surface area (Å²) in [6.45, 7) is 2.34. The zero-order valence-corrected chi connectivity index (χ0v) is 12.7. The minimum atomic E-state index is 0.682. The Morgan fingerprint density at radius 2 is 2.00 bits per heavy atom. The highest BCUT2D eigenvalue weighted by Crippen LogP contribution is 2.32. The molecule has 0 fully saturated rings. The average Bonchev–Trinajstić information content (AvgIpc) is 3.05. The van der Waals surface area contributed by atoms with Crippen molar-refractivity contribution in [3.63, 3.8) is 0 Å². The normalized spacial score (nSPS) is 13.5. The van der Waals surface area contributed by atoms with Crippen molar-refractivity contribution in [1.29, 1.82) is 0 Å². The van der Waals surface area contributed by atoms with Crippen LogP contribution in [-0.4, -0.2) is 28.1 Å². The van der Waals surface area contributed by atoms with Gasteiger partial charge in [0.25, 0.3) is 0 Å². The van der Waals surface area contributed by atoms with Crippen LogP contribution in [0, 0.1) is 0 Å². The van der Waals surface area contributed by atoms with Gasteiger partial charge in [-0.1, -0.05) is 12.1 Å². The largest absolute Gasteiger partial charge is 0.490 e. The van der Waals surface area contributed by atoms with Gasteiger partial charge in [-0.3, -0.25) is 0 Å². The molecule has 0 atom stereocenters. The van der Waals surface area contributed by atoms with Crippen molar-refractivity contribution in [2.75, 3.05) is 18.1 Å². The van der Waals surface area contributed by atoms with Gasteiger partial charge in [0, 0.05) is 17.8 Å². The van der Waals surface area contributed by atoms with E-state index in [9.17, 15) is 0 Å². The van der Waals surface area contributed by atoms with Gasteiger partial charge < -0.3 is 9.64 Å². The molecule has 110 valence electrons. The summed E-state index contributed by atoms with van der Waals surface area (Å²) in [4.78, 5) is 15.5. The average molecular weight is 310 g/mol. The lowest BCUT2D eigenvalue weighted by atomic mass is 10.2. The minimum absolute atomic E-state index is 0.682. The van der Waals surface area contributed by atoms with Crippen LogP contribution in [0.2, 0.25) is 0 Å². The number of anilines is 1. The Morgan fingerprint density at radius 1 is 1.14 bits per heavy atom. The van der Waals surface area contributed by atoms with Crippen molar-refractivity contribution in [2.45, 2.75) is 6.54 Å². The van der Waals surface area contributed by atoms with E-state index >= 15 is 0 Å². The van der Waals surface area contributed by atoms with Crippen molar-refractivity contribution < 1.29 is 4.74 Å². The predicted molar refractivity (Wildman–Crippen MR) is 86.1 cm³/mol. The fourth-order valence-electron chi connectivity index (χ4n) is 2.48. The standard InChI is InChI=1S/C16H14N4OS/c1-2-5-14-13(4-1)20(8-9-21-14)10-12-11-22-16(19-12)15-17-6-3-7-18-15/h1-7,11H,8-10H2. The first kappa shape index (κ1) is 13.2. The van der Waals surface area contributed by atoms with Crippen LogP contribution >= 0.6 is 11.3 Å². The SMILES string of the molecule is c1cnc(-c2nc(CN3CCOc4ccccc43)cs2)nc1. The molecule has 0 spiro atoms. The molecule has 6 heteroatoms. The molecule has 5 nitrogen and oxygen atoms in total. The summed E-state index contributed by atoms with van der Waals surface area (Å²) in [5.41, 5.74) is 2.16. The second kappa shape index (κ2) is 5.73. The summed E-state index contributed by atoms with van der Waals surface area (Å²) in [6.07, 6.45) is 3.48. The van der Waals surface area contributed by atoms with Crippen LogP contribution in [0.4, 0.5) is 5.69 Å². The molecule has 2 aromatic heterocycles. The van der Waals surface area contributed by atoms with Crippen LogP contribution in [0.5, 0.6) is 5.75 Å². The number of hydrogen-bond acceptors (Lipinski definition) is 6. The van der Waals surface area contributed by atoms with Gasteiger partial charge in [-0.05, 0) is 18.2 Å². The van der Waals surface area contributed by atoms with Crippen LogP contribution in [0.15, 0.2) is 48.1 Å². The Hall–Kier alpha value is -2.47. The van der Waals surface area contributed by atoms with Crippen LogP contribution < -0.4 is 9.64 Å². The topological polar surface area (TPSA) is 51.1 Å². The summed E-state index contributed by atoms with van der Waals surface area (Å²) in [6, 6.07) is 9.93. The lowest BCUT2D eigenvalue weighted by Gasteiger charge is -2.30. The molecule has 22 heavy (non-hydrogen) atoms. The number of aromatic nitrogens is 3. The van der Waals surface area contributed by atoms with E-state index in [1.165, 1.54) is 0 Å². The Kier molecular flexibility index (Phi) is 3.44. The highest BCUT2D eigenvalue weighted by atomic mass is 32.1. The third-order valence-corrected chi connectivity index (χ3v) is 4.37. The summed E-state index contributed by atoms with van der Waals surface area (Å²) < 4.78 is 5.69.